The lowest BCUT2D eigenvalue weighted by Crippen LogP contribution is -2.23. The van der Waals surface area contributed by atoms with Crippen molar-refractivity contribution in [3.05, 3.63) is 35.4 Å². The maximum Gasteiger partial charge on any atom is 0.0211 e. The van der Waals surface area contributed by atoms with Crippen molar-refractivity contribution in [2.24, 2.45) is 23.7 Å². The summed E-state index contributed by atoms with van der Waals surface area (Å²) in [5, 5.41) is 3.90. The molecule has 100 valence electrons. The summed E-state index contributed by atoms with van der Waals surface area (Å²) in [6, 6.07) is 9.99. The molecule has 4 aliphatic carbocycles. The highest BCUT2D eigenvalue weighted by atomic mass is 15.0. The monoisotopic (exact) mass is 253 g/mol. The van der Waals surface area contributed by atoms with Gasteiger partial charge in [0.1, 0.15) is 0 Å². The summed E-state index contributed by atoms with van der Waals surface area (Å²) in [5.74, 6) is 5.18. The van der Waals surface area contributed by atoms with Gasteiger partial charge in [-0.25, -0.2) is 0 Å². The van der Waals surface area contributed by atoms with Crippen molar-refractivity contribution in [3.8, 4) is 0 Å². The van der Waals surface area contributed by atoms with E-state index in [1.165, 1.54) is 25.7 Å². The van der Waals surface area contributed by atoms with Crippen molar-refractivity contribution in [1.82, 2.24) is 5.32 Å². The Hall–Kier alpha value is -0.820. The van der Waals surface area contributed by atoms with Crippen LogP contribution in [-0.4, -0.2) is 6.04 Å². The minimum atomic E-state index is 0.874. The Kier molecular flexibility index (Phi) is 2.21. The van der Waals surface area contributed by atoms with E-state index < -0.39 is 0 Å². The van der Waals surface area contributed by atoms with Crippen molar-refractivity contribution in [2.45, 2.75) is 50.6 Å². The molecule has 19 heavy (non-hydrogen) atoms. The maximum absolute atomic E-state index is 3.90. The van der Waals surface area contributed by atoms with E-state index >= 15 is 0 Å². The van der Waals surface area contributed by atoms with Gasteiger partial charge in [-0.15, -0.1) is 0 Å². The lowest BCUT2D eigenvalue weighted by atomic mass is 10.0. The van der Waals surface area contributed by atoms with Gasteiger partial charge in [0.2, 0.25) is 0 Å². The number of rotatable bonds is 4. The lowest BCUT2D eigenvalue weighted by Gasteiger charge is -2.13. The molecule has 0 saturated heterocycles. The van der Waals surface area contributed by atoms with Crippen LogP contribution in [-0.2, 0) is 6.54 Å². The smallest absolute Gasteiger partial charge is 0.0211 e. The Morgan fingerprint density at radius 3 is 2.42 bits per heavy atom. The van der Waals surface area contributed by atoms with Gasteiger partial charge >= 0.3 is 0 Å². The Balaban J connectivity index is 1.28. The van der Waals surface area contributed by atoms with E-state index in [2.05, 4.69) is 29.6 Å². The molecule has 1 N–H and O–H groups in total. The molecular weight excluding hydrogens is 230 g/mol. The molecule has 0 radical (unpaired) electrons. The highest BCUT2D eigenvalue weighted by Crippen LogP contribution is 2.65. The third kappa shape index (κ3) is 1.64. The van der Waals surface area contributed by atoms with Crippen LogP contribution in [0.25, 0.3) is 0 Å². The summed E-state index contributed by atoms with van der Waals surface area (Å²) in [6.45, 7) is 1.11. The Labute approximate surface area is 115 Å². The van der Waals surface area contributed by atoms with E-state index in [1.54, 1.807) is 17.5 Å². The molecule has 1 aromatic carbocycles. The molecule has 4 saturated carbocycles. The second-order valence-electron chi connectivity index (χ2n) is 7.37. The Bertz CT molecular complexity index is 488. The highest BCUT2D eigenvalue weighted by Gasteiger charge is 2.64. The third-order valence-electron chi connectivity index (χ3n) is 6.34. The molecule has 1 aromatic rings. The van der Waals surface area contributed by atoms with Crippen molar-refractivity contribution in [2.75, 3.05) is 0 Å². The minimum absolute atomic E-state index is 0.874. The number of hydrogen-bond donors (Lipinski definition) is 1. The summed E-state index contributed by atoms with van der Waals surface area (Å²) in [4.78, 5) is 0. The quantitative estimate of drug-likeness (QED) is 0.862. The average molecular weight is 253 g/mol. The van der Waals surface area contributed by atoms with Crippen LogP contribution in [0, 0.1) is 23.7 Å². The van der Waals surface area contributed by atoms with Gasteiger partial charge in [-0.1, -0.05) is 24.3 Å². The molecule has 4 unspecified atom stereocenters. The third-order valence-corrected chi connectivity index (χ3v) is 6.34. The van der Waals surface area contributed by atoms with Gasteiger partial charge in [0.05, 0.1) is 0 Å². The second-order valence-corrected chi connectivity index (χ2v) is 7.37. The van der Waals surface area contributed by atoms with Crippen molar-refractivity contribution < 1.29 is 0 Å². The number of fused-ring (bicyclic) bond motifs is 5. The van der Waals surface area contributed by atoms with E-state index in [0.29, 0.717) is 0 Å². The highest BCUT2D eigenvalue weighted by molar-refractivity contribution is 5.33. The summed E-state index contributed by atoms with van der Waals surface area (Å²) >= 11 is 0. The zero-order valence-electron chi connectivity index (χ0n) is 11.5. The fourth-order valence-corrected chi connectivity index (χ4v) is 5.31. The summed E-state index contributed by atoms with van der Waals surface area (Å²) < 4.78 is 0. The van der Waals surface area contributed by atoms with Crippen molar-refractivity contribution in [1.29, 1.82) is 0 Å². The van der Waals surface area contributed by atoms with Crippen molar-refractivity contribution >= 4 is 0 Å². The van der Waals surface area contributed by atoms with Gasteiger partial charge in [0.15, 0.2) is 0 Å². The van der Waals surface area contributed by atoms with Gasteiger partial charge in [-0.2, -0.15) is 0 Å². The van der Waals surface area contributed by atoms with Gasteiger partial charge in [-0.3, -0.25) is 0 Å². The largest absolute Gasteiger partial charge is 0.309 e. The van der Waals surface area contributed by atoms with Crippen LogP contribution < -0.4 is 5.32 Å². The Morgan fingerprint density at radius 2 is 1.68 bits per heavy atom. The fraction of sp³-hybridized carbons (Fsp3) is 0.667. The fourth-order valence-electron chi connectivity index (χ4n) is 5.31. The summed E-state index contributed by atoms with van der Waals surface area (Å²) in [7, 11) is 0. The van der Waals surface area contributed by atoms with E-state index in [0.717, 1.165) is 42.2 Å². The summed E-state index contributed by atoms with van der Waals surface area (Å²) in [6.07, 6.45) is 7.45. The molecule has 0 aliphatic heterocycles. The normalized spacial score (nSPS) is 42.4. The van der Waals surface area contributed by atoms with E-state index in [9.17, 15) is 0 Å². The SMILES string of the molecule is c1ccc(C2CC2)c(CNC2C3C4CCC(C4)C23)c1. The number of hydrogen-bond acceptors (Lipinski definition) is 1. The van der Waals surface area contributed by atoms with Crippen LogP contribution in [0.5, 0.6) is 0 Å². The van der Waals surface area contributed by atoms with E-state index in [4.69, 9.17) is 0 Å². The van der Waals surface area contributed by atoms with E-state index in [-0.39, 0.29) is 0 Å². The van der Waals surface area contributed by atoms with Gasteiger partial charge in [-0.05, 0) is 72.8 Å². The standard InChI is InChI=1S/C18H23N/c1-2-4-15(11-5-6-11)14(3-1)10-19-18-16-12-7-8-13(9-12)17(16)18/h1-4,11-13,16-19H,5-10H2. The zero-order valence-corrected chi connectivity index (χ0v) is 11.5. The lowest BCUT2D eigenvalue weighted by molar-refractivity contribution is 0.456. The van der Waals surface area contributed by atoms with Crippen LogP contribution >= 0.6 is 0 Å². The van der Waals surface area contributed by atoms with Gasteiger partial charge in [0, 0.05) is 12.6 Å². The first-order valence-corrected chi connectivity index (χ1v) is 8.23. The molecule has 4 atom stereocenters. The number of benzene rings is 1. The Morgan fingerprint density at radius 1 is 0.947 bits per heavy atom. The predicted octanol–water partition coefficient (Wildman–Crippen LogP) is 3.70. The molecule has 1 nitrogen and oxygen atoms in total. The molecular formula is C18H23N. The molecule has 0 aromatic heterocycles. The zero-order chi connectivity index (χ0) is 12.4. The summed E-state index contributed by atoms with van der Waals surface area (Å²) in [5.41, 5.74) is 3.20. The molecule has 0 spiro atoms. The molecule has 1 heteroatoms. The van der Waals surface area contributed by atoms with Crippen LogP contribution in [0.1, 0.15) is 49.1 Å². The molecule has 2 bridgehead atoms. The first-order chi connectivity index (χ1) is 9.42. The van der Waals surface area contributed by atoms with Crippen LogP contribution in [0.2, 0.25) is 0 Å². The number of nitrogens with one attached hydrogen (secondary N) is 1. The van der Waals surface area contributed by atoms with Crippen LogP contribution in [0.15, 0.2) is 24.3 Å². The van der Waals surface area contributed by atoms with E-state index in [1.807, 2.05) is 0 Å². The average Bonchev–Trinajstić information content (AvgIpc) is 3.35. The molecule has 5 rings (SSSR count). The minimum Gasteiger partial charge on any atom is -0.309 e. The van der Waals surface area contributed by atoms with Crippen molar-refractivity contribution in [3.63, 3.8) is 0 Å². The first kappa shape index (κ1) is 10.9. The molecule has 0 amide bonds. The molecule has 4 fully saturated rings. The van der Waals surface area contributed by atoms with Gasteiger partial charge < -0.3 is 5.32 Å². The molecule has 4 aliphatic rings. The predicted molar refractivity (Wildman–Crippen MR) is 76.9 cm³/mol. The maximum atomic E-state index is 3.90. The molecule has 0 heterocycles. The van der Waals surface area contributed by atoms with Crippen LogP contribution in [0.4, 0.5) is 0 Å². The second kappa shape index (κ2) is 3.85. The topological polar surface area (TPSA) is 12.0 Å². The first-order valence-electron chi connectivity index (χ1n) is 8.23. The van der Waals surface area contributed by atoms with Crippen LogP contribution in [0.3, 0.4) is 0 Å². The van der Waals surface area contributed by atoms with Gasteiger partial charge in [0.25, 0.3) is 0 Å².